The van der Waals surface area contributed by atoms with Gasteiger partial charge in [-0.15, -0.1) is 0 Å². The Labute approximate surface area is 126 Å². The zero-order chi connectivity index (χ0) is 15.7. The lowest BCUT2D eigenvalue weighted by atomic mass is 10.1. The first-order valence-corrected chi connectivity index (χ1v) is 7.01. The van der Waals surface area contributed by atoms with Gasteiger partial charge in [-0.1, -0.05) is 12.7 Å². The Morgan fingerprint density at radius 3 is 2.95 bits per heavy atom. The quantitative estimate of drug-likeness (QED) is 0.788. The minimum absolute atomic E-state index is 0.257. The van der Waals surface area contributed by atoms with Crippen LogP contribution in [-0.4, -0.2) is 55.2 Å². The molecule has 0 saturated heterocycles. The fourth-order valence-electron chi connectivity index (χ4n) is 2.83. The molecule has 1 aliphatic carbocycles. The van der Waals surface area contributed by atoms with Gasteiger partial charge in [0.2, 0.25) is 5.88 Å². The number of nitrogens with zero attached hydrogens (tertiary/aromatic N) is 4. The molecule has 7 nitrogen and oxygen atoms in total. The molecule has 4 atom stereocenters. The first-order chi connectivity index (χ1) is 10.7. The molecule has 0 spiro atoms. The number of aliphatic hydroxyl groups is 2. The molecule has 2 aromatic rings. The van der Waals surface area contributed by atoms with Crippen molar-refractivity contribution < 1.29 is 19.3 Å². The van der Waals surface area contributed by atoms with E-state index in [1.165, 1.54) is 12.7 Å². The third-order valence-corrected chi connectivity index (χ3v) is 3.98. The van der Waals surface area contributed by atoms with Crippen LogP contribution in [0.5, 0.6) is 5.88 Å². The van der Waals surface area contributed by atoms with Gasteiger partial charge in [0.25, 0.3) is 0 Å². The number of fused-ring (bicyclic) bond motifs is 1. The van der Waals surface area contributed by atoms with Crippen molar-refractivity contribution in [1.29, 1.82) is 0 Å². The van der Waals surface area contributed by atoms with E-state index >= 15 is 0 Å². The summed E-state index contributed by atoms with van der Waals surface area (Å²) in [6.45, 7) is 3.59. The number of halogens is 1. The molecule has 2 N–H and O–H groups in total. The highest BCUT2D eigenvalue weighted by atomic mass is 19.1. The van der Waals surface area contributed by atoms with Crippen LogP contribution in [0.15, 0.2) is 25.3 Å². The highest BCUT2D eigenvalue weighted by Gasteiger charge is 2.44. The van der Waals surface area contributed by atoms with Crippen molar-refractivity contribution in [2.24, 2.45) is 5.92 Å². The molecule has 8 heteroatoms. The van der Waals surface area contributed by atoms with Crippen LogP contribution in [0.4, 0.5) is 4.39 Å². The van der Waals surface area contributed by atoms with E-state index in [2.05, 4.69) is 21.5 Å². The number of hydrogen-bond acceptors (Lipinski definition) is 6. The number of ether oxygens (including phenoxy) is 1. The van der Waals surface area contributed by atoms with E-state index in [9.17, 15) is 14.6 Å². The summed E-state index contributed by atoms with van der Waals surface area (Å²) in [6.07, 6.45) is 2.01. The molecular weight excluding hydrogens is 291 g/mol. The lowest BCUT2D eigenvalue weighted by Gasteiger charge is -2.16. The molecule has 1 unspecified atom stereocenters. The second-order valence-electron chi connectivity index (χ2n) is 5.28. The van der Waals surface area contributed by atoms with E-state index in [0.29, 0.717) is 23.5 Å². The van der Waals surface area contributed by atoms with Crippen LogP contribution in [0, 0.1) is 5.92 Å². The maximum Gasteiger partial charge on any atom is 0.245 e. The zero-order valence-corrected chi connectivity index (χ0v) is 11.8. The van der Waals surface area contributed by atoms with Gasteiger partial charge < -0.3 is 19.5 Å². The molecule has 22 heavy (non-hydrogen) atoms. The highest BCUT2D eigenvalue weighted by molar-refractivity contribution is 5.76. The third-order valence-electron chi connectivity index (χ3n) is 3.98. The predicted molar refractivity (Wildman–Crippen MR) is 76.1 cm³/mol. The van der Waals surface area contributed by atoms with Crippen molar-refractivity contribution in [3.63, 3.8) is 0 Å². The molecule has 1 fully saturated rings. The van der Waals surface area contributed by atoms with Crippen LogP contribution >= 0.6 is 0 Å². The van der Waals surface area contributed by atoms with Gasteiger partial charge in [0.05, 0.1) is 18.5 Å². The van der Waals surface area contributed by atoms with Gasteiger partial charge in [-0.25, -0.2) is 14.4 Å². The molecule has 0 amide bonds. The van der Waals surface area contributed by atoms with Crippen molar-refractivity contribution in [2.45, 2.75) is 24.7 Å². The molecule has 3 rings (SSSR count). The van der Waals surface area contributed by atoms with E-state index in [0.717, 1.165) is 0 Å². The lowest BCUT2D eigenvalue weighted by molar-refractivity contribution is 0.0400. The van der Waals surface area contributed by atoms with Crippen molar-refractivity contribution in [2.75, 3.05) is 13.2 Å². The van der Waals surface area contributed by atoms with Gasteiger partial charge in [0.1, 0.15) is 19.1 Å². The Balaban J connectivity index is 1.97. The Morgan fingerprint density at radius 1 is 1.45 bits per heavy atom. The Hall–Kier alpha value is -2.06. The summed E-state index contributed by atoms with van der Waals surface area (Å²) in [7, 11) is 0. The average molecular weight is 308 g/mol. The molecule has 2 heterocycles. The van der Waals surface area contributed by atoms with Crippen LogP contribution < -0.4 is 4.74 Å². The number of alkyl halides is 1. The SMILES string of the molecule is C=CCOc1ncnc2c1ncn2C1C[C@H](CO)[C@@H](O)[C@H]1F. The van der Waals surface area contributed by atoms with Gasteiger partial charge in [-0.3, -0.25) is 0 Å². The summed E-state index contributed by atoms with van der Waals surface area (Å²) in [5, 5.41) is 19.0. The summed E-state index contributed by atoms with van der Waals surface area (Å²) in [5.41, 5.74) is 0.867. The maximum atomic E-state index is 14.3. The lowest BCUT2D eigenvalue weighted by Crippen LogP contribution is -2.26. The number of imidazole rings is 1. The molecule has 0 aromatic carbocycles. The maximum absolute atomic E-state index is 14.3. The molecule has 1 aliphatic rings. The molecule has 0 aliphatic heterocycles. The van der Waals surface area contributed by atoms with Crippen LogP contribution in [0.2, 0.25) is 0 Å². The Kier molecular flexibility index (Phi) is 4.04. The van der Waals surface area contributed by atoms with E-state index in [1.54, 1.807) is 10.6 Å². The van der Waals surface area contributed by atoms with Crippen molar-refractivity contribution in [3.05, 3.63) is 25.3 Å². The molecule has 0 radical (unpaired) electrons. The summed E-state index contributed by atoms with van der Waals surface area (Å²) >= 11 is 0. The normalized spacial score (nSPS) is 28.1. The summed E-state index contributed by atoms with van der Waals surface area (Å²) < 4.78 is 21.3. The molecule has 118 valence electrons. The average Bonchev–Trinajstić information content (AvgIpc) is 3.08. The van der Waals surface area contributed by atoms with E-state index in [-0.39, 0.29) is 13.2 Å². The monoisotopic (exact) mass is 308 g/mol. The minimum atomic E-state index is -1.48. The largest absolute Gasteiger partial charge is 0.472 e. The van der Waals surface area contributed by atoms with Crippen molar-refractivity contribution in [1.82, 2.24) is 19.5 Å². The fourth-order valence-corrected chi connectivity index (χ4v) is 2.83. The summed E-state index contributed by atoms with van der Waals surface area (Å²) in [5.74, 6) is -0.188. The number of aromatic nitrogens is 4. The van der Waals surface area contributed by atoms with Crippen LogP contribution in [0.3, 0.4) is 0 Å². The zero-order valence-electron chi connectivity index (χ0n) is 11.8. The van der Waals surface area contributed by atoms with Gasteiger partial charge in [-0.05, 0) is 6.42 Å². The van der Waals surface area contributed by atoms with E-state index in [1.807, 2.05) is 0 Å². The number of hydrogen-bond donors (Lipinski definition) is 2. The van der Waals surface area contributed by atoms with E-state index < -0.39 is 24.2 Å². The van der Waals surface area contributed by atoms with Gasteiger partial charge in [-0.2, -0.15) is 4.98 Å². The van der Waals surface area contributed by atoms with Crippen LogP contribution in [-0.2, 0) is 0 Å². The van der Waals surface area contributed by atoms with Gasteiger partial charge in [0, 0.05) is 12.5 Å². The number of rotatable bonds is 5. The Morgan fingerprint density at radius 2 is 2.27 bits per heavy atom. The summed E-state index contributed by atoms with van der Waals surface area (Å²) in [6, 6.07) is -0.626. The molecule has 1 saturated carbocycles. The van der Waals surface area contributed by atoms with Gasteiger partial charge >= 0.3 is 0 Å². The predicted octanol–water partition coefficient (Wildman–Crippen LogP) is 0.643. The van der Waals surface area contributed by atoms with Crippen LogP contribution in [0.1, 0.15) is 12.5 Å². The van der Waals surface area contributed by atoms with Gasteiger partial charge in [0.15, 0.2) is 11.2 Å². The first kappa shape index (κ1) is 14.9. The molecular formula is C14H17FN4O3. The van der Waals surface area contributed by atoms with Crippen molar-refractivity contribution in [3.8, 4) is 5.88 Å². The number of aliphatic hydroxyl groups excluding tert-OH is 2. The van der Waals surface area contributed by atoms with E-state index in [4.69, 9.17) is 4.74 Å². The third kappa shape index (κ3) is 2.34. The Bertz CT molecular complexity index is 677. The minimum Gasteiger partial charge on any atom is -0.472 e. The molecule has 2 aromatic heterocycles. The second-order valence-corrected chi connectivity index (χ2v) is 5.28. The topological polar surface area (TPSA) is 93.3 Å². The molecule has 0 bridgehead atoms. The highest BCUT2D eigenvalue weighted by Crippen LogP contribution is 2.38. The first-order valence-electron chi connectivity index (χ1n) is 7.01. The fraction of sp³-hybridized carbons (Fsp3) is 0.500. The van der Waals surface area contributed by atoms with Crippen LogP contribution in [0.25, 0.3) is 11.2 Å². The van der Waals surface area contributed by atoms with Crippen molar-refractivity contribution >= 4 is 11.2 Å². The second kappa shape index (κ2) is 5.98. The summed E-state index contributed by atoms with van der Waals surface area (Å²) in [4.78, 5) is 12.3. The smallest absolute Gasteiger partial charge is 0.245 e. The standard InChI is InChI=1S/C14H17FN4O3/c1-2-3-22-14-11-13(16-6-17-14)19(7-18-11)9-4-8(5-20)12(21)10(9)15/h2,6-10,12,20-21H,1,3-5H2/t8-,9?,10+,12-/m1/s1.